The van der Waals surface area contributed by atoms with E-state index in [9.17, 15) is 18.8 Å². The van der Waals surface area contributed by atoms with Crippen LogP contribution < -0.4 is 5.32 Å². The van der Waals surface area contributed by atoms with Gasteiger partial charge in [-0.25, -0.2) is 4.39 Å². The molecule has 146 valence electrons. The van der Waals surface area contributed by atoms with Gasteiger partial charge in [0.2, 0.25) is 17.7 Å². The summed E-state index contributed by atoms with van der Waals surface area (Å²) in [5, 5.41) is 11.7. The maximum absolute atomic E-state index is 13.6. The molecule has 28 heavy (non-hydrogen) atoms. The van der Waals surface area contributed by atoms with Gasteiger partial charge in [-0.05, 0) is 17.5 Å². The number of fused-ring (bicyclic) bond motifs is 1. The smallest absolute Gasteiger partial charge is 0.246 e. The van der Waals surface area contributed by atoms with E-state index in [2.05, 4.69) is 5.32 Å². The predicted octanol–water partition coefficient (Wildman–Crippen LogP) is 0.886. The van der Waals surface area contributed by atoms with Crippen molar-refractivity contribution in [1.82, 2.24) is 15.1 Å². The van der Waals surface area contributed by atoms with Gasteiger partial charge in [0, 0.05) is 31.8 Å². The van der Waals surface area contributed by atoms with Crippen molar-refractivity contribution in [2.75, 3.05) is 6.54 Å². The van der Waals surface area contributed by atoms with Crippen LogP contribution in [-0.2, 0) is 27.5 Å². The minimum absolute atomic E-state index is 0.000338. The first-order valence-corrected chi connectivity index (χ1v) is 9.45. The molecule has 2 fully saturated rings. The molecule has 1 aromatic rings. The number of alkyl halides is 1. The Kier molecular flexibility index (Phi) is 4.75. The lowest BCUT2D eigenvalue weighted by Gasteiger charge is -2.22. The van der Waals surface area contributed by atoms with Crippen molar-refractivity contribution < 1.29 is 18.8 Å². The van der Waals surface area contributed by atoms with Crippen molar-refractivity contribution in [2.24, 2.45) is 5.92 Å². The van der Waals surface area contributed by atoms with Crippen molar-refractivity contribution >= 4 is 17.7 Å². The number of nitriles is 1. The van der Waals surface area contributed by atoms with Crippen molar-refractivity contribution in [2.45, 2.75) is 50.6 Å². The highest BCUT2D eigenvalue weighted by Crippen LogP contribution is 2.28. The SMILES string of the molecule is N#CC1C[C@H](F)CN1C(=O)[C@@H]1C[C@@H](CC(=O)N2Cc3ccccc3C2)C(=O)N1. The van der Waals surface area contributed by atoms with Gasteiger partial charge in [-0.2, -0.15) is 5.26 Å². The molecule has 1 unspecified atom stereocenters. The van der Waals surface area contributed by atoms with Gasteiger partial charge in [0.1, 0.15) is 18.3 Å². The molecular weight excluding hydrogens is 363 g/mol. The molecule has 0 aromatic heterocycles. The first-order valence-electron chi connectivity index (χ1n) is 9.45. The normalized spacial score (nSPS) is 28.8. The number of nitrogens with one attached hydrogen (secondary N) is 1. The number of hydrogen-bond acceptors (Lipinski definition) is 4. The molecule has 3 heterocycles. The van der Waals surface area contributed by atoms with Crippen molar-refractivity contribution in [3.8, 4) is 6.07 Å². The maximum Gasteiger partial charge on any atom is 0.246 e. The Bertz CT molecular complexity index is 842. The molecule has 0 bridgehead atoms. The fourth-order valence-electron chi connectivity index (χ4n) is 4.28. The molecule has 1 N–H and O–H groups in total. The first-order chi connectivity index (χ1) is 13.5. The topological polar surface area (TPSA) is 93.5 Å². The Morgan fingerprint density at radius 2 is 1.89 bits per heavy atom. The van der Waals surface area contributed by atoms with Gasteiger partial charge in [-0.15, -0.1) is 0 Å². The largest absolute Gasteiger partial charge is 0.344 e. The highest BCUT2D eigenvalue weighted by Gasteiger charge is 2.44. The predicted molar refractivity (Wildman–Crippen MR) is 96.0 cm³/mol. The summed E-state index contributed by atoms with van der Waals surface area (Å²) in [4.78, 5) is 40.5. The third-order valence-electron chi connectivity index (χ3n) is 5.80. The molecule has 8 heteroatoms. The molecule has 4 rings (SSSR count). The summed E-state index contributed by atoms with van der Waals surface area (Å²) in [7, 11) is 0. The fraction of sp³-hybridized carbons (Fsp3) is 0.500. The van der Waals surface area contributed by atoms with Crippen molar-refractivity contribution in [3.63, 3.8) is 0 Å². The van der Waals surface area contributed by atoms with E-state index in [1.54, 1.807) is 4.90 Å². The van der Waals surface area contributed by atoms with Crippen LogP contribution in [0.5, 0.6) is 0 Å². The van der Waals surface area contributed by atoms with Crippen molar-refractivity contribution in [3.05, 3.63) is 35.4 Å². The number of nitrogens with zero attached hydrogens (tertiary/aromatic N) is 3. The first kappa shape index (κ1) is 18.4. The van der Waals surface area contributed by atoms with Gasteiger partial charge < -0.3 is 15.1 Å². The number of likely N-dealkylation sites (tertiary alicyclic amines) is 1. The molecule has 3 aliphatic heterocycles. The molecule has 1 aromatic carbocycles. The molecule has 0 saturated carbocycles. The number of carbonyl (C=O) groups excluding carboxylic acids is 3. The summed E-state index contributed by atoms with van der Waals surface area (Å²) in [5.74, 6) is -1.49. The Balaban J connectivity index is 1.36. The summed E-state index contributed by atoms with van der Waals surface area (Å²) < 4.78 is 13.6. The summed E-state index contributed by atoms with van der Waals surface area (Å²) in [6, 6.07) is 8.17. The van der Waals surface area contributed by atoms with E-state index >= 15 is 0 Å². The molecule has 0 radical (unpaired) electrons. The lowest BCUT2D eigenvalue weighted by atomic mass is 9.99. The standard InChI is InChI=1S/C20H21FN4O3/c21-15-7-16(8-22)25(11-15)20(28)17-5-14(19(27)23-17)6-18(26)24-9-12-3-1-2-4-13(12)10-24/h1-4,14-17H,5-7,9-11H2,(H,23,27)/t14-,15-,16?,17-/m0/s1. The lowest BCUT2D eigenvalue weighted by molar-refractivity contribution is -0.135. The Hall–Kier alpha value is -2.95. The average Bonchev–Trinajstić information content (AvgIpc) is 3.37. The monoisotopic (exact) mass is 384 g/mol. The second kappa shape index (κ2) is 7.23. The van der Waals surface area contributed by atoms with E-state index in [0.29, 0.717) is 13.1 Å². The molecule has 3 aliphatic rings. The van der Waals surface area contributed by atoms with Crippen LogP contribution in [0.25, 0.3) is 0 Å². The van der Waals surface area contributed by atoms with Gasteiger partial charge in [-0.1, -0.05) is 24.3 Å². The van der Waals surface area contributed by atoms with Crippen LogP contribution in [0.4, 0.5) is 4.39 Å². The number of hydrogen-bond donors (Lipinski definition) is 1. The highest BCUT2D eigenvalue weighted by molar-refractivity contribution is 5.94. The van der Waals surface area contributed by atoms with Crippen LogP contribution >= 0.6 is 0 Å². The van der Waals surface area contributed by atoms with Crippen LogP contribution in [0.1, 0.15) is 30.4 Å². The average molecular weight is 384 g/mol. The summed E-state index contributed by atoms with van der Waals surface area (Å²) in [6.07, 6.45) is -0.993. The lowest BCUT2D eigenvalue weighted by Crippen LogP contribution is -2.46. The summed E-state index contributed by atoms with van der Waals surface area (Å²) in [5.41, 5.74) is 2.22. The van der Waals surface area contributed by atoms with Gasteiger partial charge in [-0.3, -0.25) is 14.4 Å². The highest BCUT2D eigenvalue weighted by atomic mass is 19.1. The van der Waals surface area contributed by atoms with Gasteiger partial charge in [0.25, 0.3) is 0 Å². The quantitative estimate of drug-likeness (QED) is 0.837. The minimum Gasteiger partial charge on any atom is -0.344 e. The fourth-order valence-corrected chi connectivity index (χ4v) is 4.28. The second-order valence-corrected chi connectivity index (χ2v) is 7.68. The number of carbonyl (C=O) groups is 3. The number of amides is 3. The zero-order valence-corrected chi connectivity index (χ0v) is 15.3. The van der Waals surface area contributed by atoms with Crippen LogP contribution in [0.15, 0.2) is 24.3 Å². The summed E-state index contributed by atoms with van der Waals surface area (Å²) in [6.45, 7) is 0.932. The molecule has 4 atom stereocenters. The number of halogens is 1. The number of rotatable bonds is 3. The molecule has 7 nitrogen and oxygen atoms in total. The van der Waals surface area contributed by atoms with Crippen LogP contribution in [0.3, 0.4) is 0 Å². The molecular formula is C20H21FN4O3. The third-order valence-corrected chi connectivity index (χ3v) is 5.80. The van der Waals surface area contributed by atoms with E-state index in [1.807, 2.05) is 30.3 Å². The molecule has 0 aliphatic carbocycles. The molecule has 2 saturated heterocycles. The zero-order chi connectivity index (χ0) is 19.8. The van der Waals surface area contributed by atoms with E-state index in [4.69, 9.17) is 5.26 Å². The minimum atomic E-state index is -1.22. The van der Waals surface area contributed by atoms with E-state index in [0.717, 1.165) is 11.1 Å². The van der Waals surface area contributed by atoms with Crippen molar-refractivity contribution in [1.29, 1.82) is 5.26 Å². The maximum atomic E-state index is 13.6. The molecule has 0 spiro atoms. The van der Waals surface area contributed by atoms with E-state index < -0.39 is 30.1 Å². The second-order valence-electron chi connectivity index (χ2n) is 7.68. The van der Waals surface area contributed by atoms with Gasteiger partial charge >= 0.3 is 0 Å². The Labute approximate surface area is 162 Å². The Morgan fingerprint density at radius 1 is 1.21 bits per heavy atom. The van der Waals surface area contributed by atoms with Crippen LogP contribution in [0, 0.1) is 17.2 Å². The Morgan fingerprint density at radius 3 is 2.54 bits per heavy atom. The number of benzene rings is 1. The van der Waals surface area contributed by atoms with Gasteiger partial charge in [0.15, 0.2) is 0 Å². The van der Waals surface area contributed by atoms with E-state index in [-0.39, 0.29) is 37.6 Å². The summed E-state index contributed by atoms with van der Waals surface area (Å²) >= 11 is 0. The van der Waals surface area contributed by atoms with Crippen LogP contribution in [-0.4, -0.2) is 52.3 Å². The van der Waals surface area contributed by atoms with Crippen LogP contribution in [0.2, 0.25) is 0 Å². The third kappa shape index (κ3) is 3.33. The van der Waals surface area contributed by atoms with E-state index in [1.165, 1.54) is 4.90 Å². The zero-order valence-electron chi connectivity index (χ0n) is 15.3. The van der Waals surface area contributed by atoms with Gasteiger partial charge in [0.05, 0.1) is 12.6 Å². The molecule has 3 amide bonds.